The van der Waals surface area contributed by atoms with E-state index in [9.17, 15) is 14.1 Å². The van der Waals surface area contributed by atoms with E-state index in [1.807, 2.05) is 12.2 Å². The van der Waals surface area contributed by atoms with E-state index in [2.05, 4.69) is 26.5 Å². The smallest absolute Gasteiger partial charge is 0.303 e. The second-order valence-corrected chi connectivity index (χ2v) is 6.43. The Hall–Kier alpha value is -1.91. The molecule has 0 fully saturated rings. The van der Waals surface area contributed by atoms with Gasteiger partial charge in [-0.25, -0.2) is 0 Å². The zero-order valence-electron chi connectivity index (χ0n) is 16.0. The molecule has 2 unspecified atom stereocenters. The second-order valence-electron chi connectivity index (χ2n) is 6.43. The average Bonchev–Trinajstić information content (AvgIpc) is 2.51. The van der Waals surface area contributed by atoms with Gasteiger partial charge in [0.15, 0.2) is 0 Å². The van der Waals surface area contributed by atoms with Gasteiger partial charge in [-0.15, -0.1) is 0 Å². The maximum absolute atomic E-state index is 12.6. The fourth-order valence-corrected chi connectivity index (χ4v) is 2.52. The second kappa shape index (κ2) is 13.4. The number of esters is 1. The molecule has 5 heteroatoms. The molecule has 1 amide bonds. The molecule has 0 saturated carbocycles. The molecule has 0 aliphatic carbocycles. The van der Waals surface area contributed by atoms with Crippen LogP contribution >= 0.6 is 0 Å². The third-order valence-corrected chi connectivity index (χ3v) is 3.74. The van der Waals surface area contributed by atoms with Gasteiger partial charge in [0, 0.05) is 20.4 Å². The molecule has 25 heavy (non-hydrogen) atoms. The number of allylic oxidation sites excluding steroid dienone is 4. The molecule has 0 saturated heterocycles. The van der Waals surface area contributed by atoms with Crippen LogP contribution in [0.5, 0.6) is 0 Å². The van der Waals surface area contributed by atoms with Crippen molar-refractivity contribution in [1.82, 2.24) is 5.12 Å². The van der Waals surface area contributed by atoms with Crippen molar-refractivity contribution in [2.24, 2.45) is 5.92 Å². The highest BCUT2D eigenvalue weighted by Gasteiger charge is 2.10. The van der Waals surface area contributed by atoms with Gasteiger partial charge < -0.3 is 4.74 Å². The van der Waals surface area contributed by atoms with Gasteiger partial charge in [0.2, 0.25) is 5.91 Å². The zero-order valence-corrected chi connectivity index (χ0v) is 16.0. The Bertz CT molecular complexity index is 483. The fourth-order valence-electron chi connectivity index (χ4n) is 2.52. The van der Waals surface area contributed by atoms with Crippen molar-refractivity contribution in [2.75, 3.05) is 7.05 Å². The molecule has 142 valence electrons. The molecule has 0 bridgehead atoms. The average molecular weight is 353 g/mol. The Morgan fingerprint density at radius 2 is 1.88 bits per heavy atom. The van der Waals surface area contributed by atoms with E-state index in [1.54, 1.807) is 6.08 Å². The summed E-state index contributed by atoms with van der Waals surface area (Å²) < 4.78 is 17.9. The van der Waals surface area contributed by atoms with Crippen molar-refractivity contribution in [3.05, 3.63) is 36.5 Å². The number of hydrogen-bond donors (Lipinski definition) is 0. The van der Waals surface area contributed by atoms with Crippen molar-refractivity contribution in [3.8, 4) is 0 Å². The van der Waals surface area contributed by atoms with Gasteiger partial charge in [-0.3, -0.25) is 9.59 Å². The van der Waals surface area contributed by atoms with Crippen molar-refractivity contribution in [2.45, 2.75) is 65.4 Å². The minimum atomic E-state index is -0.506. The zero-order chi connectivity index (χ0) is 19.2. The molecule has 0 radical (unpaired) electrons. The van der Waals surface area contributed by atoms with Gasteiger partial charge in [0.25, 0.3) is 0 Å². The van der Waals surface area contributed by atoms with Crippen LogP contribution in [-0.4, -0.2) is 30.2 Å². The lowest BCUT2D eigenvalue weighted by Crippen LogP contribution is -2.17. The summed E-state index contributed by atoms with van der Waals surface area (Å²) in [6.45, 7) is 9.26. The Morgan fingerprint density at radius 1 is 1.20 bits per heavy atom. The fraction of sp³-hybridized carbons (Fsp3) is 0.600. The normalized spacial score (nSPS) is 14.2. The van der Waals surface area contributed by atoms with Gasteiger partial charge in [0.1, 0.15) is 6.10 Å². The topological polar surface area (TPSA) is 46.6 Å². The van der Waals surface area contributed by atoms with Gasteiger partial charge in [-0.2, -0.15) is 5.12 Å². The number of carbonyl (C=O) groups is 2. The summed E-state index contributed by atoms with van der Waals surface area (Å²) >= 11 is 0. The number of nitrogens with zero attached hydrogens (tertiary/aromatic N) is 1. The van der Waals surface area contributed by atoms with E-state index in [-0.39, 0.29) is 23.6 Å². The van der Waals surface area contributed by atoms with Crippen LogP contribution in [-0.2, 0) is 14.3 Å². The molecule has 2 atom stereocenters. The SMILES string of the molecule is C=C/C=C(\C)CC(C)/C=C/C(CCCCCC(=O)N(C)F)OC(C)=O. The van der Waals surface area contributed by atoms with E-state index in [0.717, 1.165) is 26.3 Å². The monoisotopic (exact) mass is 353 g/mol. The first kappa shape index (κ1) is 23.1. The summed E-state index contributed by atoms with van der Waals surface area (Å²) in [7, 11) is 1.11. The summed E-state index contributed by atoms with van der Waals surface area (Å²) in [5.41, 5.74) is 1.25. The molecule has 0 rings (SSSR count). The summed E-state index contributed by atoms with van der Waals surface area (Å²) in [5, 5.41) is 0.120. The first-order valence-electron chi connectivity index (χ1n) is 8.82. The molecule has 0 aromatic rings. The summed E-state index contributed by atoms with van der Waals surface area (Å²) in [5.74, 6) is -0.473. The number of halogens is 1. The van der Waals surface area contributed by atoms with E-state index >= 15 is 0 Å². The lowest BCUT2D eigenvalue weighted by Gasteiger charge is -2.14. The van der Waals surface area contributed by atoms with Crippen LogP contribution in [0.1, 0.15) is 59.3 Å². The highest BCUT2D eigenvalue weighted by molar-refractivity contribution is 5.74. The number of amides is 1. The van der Waals surface area contributed by atoms with Crippen LogP contribution in [0, 0.1) is 5.92 Å². The van der Waals surface area contributed by atoms with Crippen molar-refractivity contribution < 1.29 is 18.8 Å². The van der Waals surface area contributed by atoms with Gasteiger partial charge in [-0.05, 0) is 44.6 Å². The number of unbranched alkanes of at least 4 members (excludes halogenated alkanes) is 2. The Kier molecular flexibility index (Phi) is 12.4. The molecule has 0 aliphatic rings. The maximum Gasteiger partial charge on any atom is 0.303 e. The third kappa shape index (κ3) is 13.1. The summed E-state index contributed by atoms with van der Waals surface area (Å²) in [6, 6.07) is 0. The molecular formula is C20H32FNO3. The van der Waals surface area contributed by atoms with E-state index in [0.29, 0.717) is 18.8 Å². The van der Waals surface area contributed by atoms with Crippen molar-refractivity contribution >= 4 is 11.9 Å². The van der Waals surface area contributed by atoms with Crippen LogP contribution in [0.15, 0.2) is 36.5 Å². The number of hydrogen-bond acceptors (Lipinski definition) is 3. The Morgan fingerprint density at radius 3 is 2.44 bits per heavy atom. The van der Waals surface area contributed by atoms with Crippen LogP contribution < -0.4 is 0 Å². The van der Waals surface area contributed by atoms with Gasteiger partial charge in [-0.1, -0.05) is 48.2 Å². The van der Waals surface area contributed by atoms with E-state index < -0.39 is 5.91 Å². The highest BCUT2D eigenvalue weighted by atomic mass is 19.2. The van der Waals surface area contributed by atoms with Crippen molar-refractivity contribution in [1.29, 1.82) is 0 Å². The van der Waals surface area contributed by atoms with Crippen molar-refractivity contribution in [3.63, 3.8) is 0 Å². The molecule has 0 aromatic carbocycles. The predicted molar refractivity (Wildman–Crippen MR) is 99.4 cm³/mol. The third-order valence-electron chi connectivity index (χ3n) is 3.74. The largest absolute Gasteiger partial charge is 0.458 e. The quantitative estimate of drug-likeness (QED) is 0.164. The number of rotatable bonds is 12. The van der Waals surface area contributed by atoms with E-state index in [4.69, 9.17) is 4.74 Å². The molecule has 0 aliphatic heterocycles. The Labute approximate surface area is 151 Å². The lowest BCUT2D eigenvalue weighted by atomic mass is 10.00. The first-order chi connectivity index (χ1) is 11.8. The number of carbonyl (C=O) groups excluding carboxylic acids is 2. The minimum Gasteiger partial charge on any atom is -0.458 e. The molecular weight excluding hydrogens is 321 g/mol. The first-order valence-corrected chi connectivity index (χ1v) is 8.82. The van der Waals surface area contributed by atoms with Gasteiger partial charge in [0.05, 0.1) is 0 Å². The lowest BCUT2D eigenvalue weighted by molar-refractivity contribution is -0.144. The molecule has 0 spiro atoms. The van der Waals surface area contributed by atoms with Crippen LogP contribution in [0.3, 0.4) is 0 Å². The molecule has 4 nitrogen and oxygen atoms in total. The minimum absolute atomic E-state index is 0.120. The number of ether oxygens (including phenoxy) is 1. The molecule has 0 aromatic heterocycles. The highest BCUT2D eigenvalue weighted by Crippen LogP contribution is 2.15. The van der Waals surface area contributed by atoms with Crippen LogP contribution in [0.25, 0.3) is 0 Å². The summed E-state index contributed by atoms with van der Waals surface area (Å²) in [6.07, 6.45) is 11.6. The Balaban J connectivity index is 4.33. The van der Waals surface area contributed by atoms with Crippen LogP contribution in [0.2, 0.25) is 0 Å². The maximum atomic E-state index is 12.6. The summed E-state index contributed by atoms with van der Waals surface area (Å²) in [4.78, 5) is 22.4. The molecule has 0 heterocycles. The van der Waals surface area contributed by atoms with E-state index in [1.165, 1.54) is 12.5 Å². The van der Waals surface area contributed by atoms with Gasteiger partial charge >= 0.3 is 5.97 Å². The standard InChI is InChI=1S/C20H32FNO3/c1-6-10-16(2)15-17(3)13-14-19(25-18(4)23)11-8-7-9-12-20(24)22(5)21/h6,10,13-14,17,19H,1,7-9,11-12,15H2,2-5H3/b14-13+,16-10+. The molecule has 0 N–H and O–H groups in total. The predicted octanol–water partition coefficient (Wildman–Crippen LogP) is 4.93. The van der Waals surface area contributed by atoms with Crippen LogP contribution in [0.4, 0.5) is 4.48 Å².